The van der Waals surface area contributed by atoms with Crippen molar-refractivity contribution < 1.29 is 4.79 Å². The van der Waals surface area contributed by atoms with E-state index < -0.39 is 0 Å². The van der Waals surface area contributed by atoms with E-state index >= 15 is 0 Å². The number of amides is 1. The fourth-order valence-electron chi connectivity index (χ4n) is 2.07. The van der Waals surface area contributed by atoms with Crippen LogP contribution in [-0.2, 0) is 0 Å². The molecule has 2 rings (SSSR count). The van der Waals surface area contributed by atoms with Gasteiger partial charge in [-0.15, -0.1) is 0 Å². The van der Waals surface area contributed by atoms with Crippen molar-refractivity contribution >= 4 is 11.6 Å². The van der Waals surface area contributed by atoms with E-state index in [0.717, 1.165) is 18.4 Å². The summed E-state index contributed by atoms with van der Waals surface area (Å²) in [4.78, 5) is 11.9. The molecule has 0 aromatic heterocycles. The average Bonchev–Trinajstić information content (AvgIpc) is 2.95. The molecule has 0 bridgehead atoms. The Morgan fingerprint density at radius 1 is 1.50 bits per heavy atom. The minimum absolute atomic E-state index is 0.00338. The summed E-state index contributed by atoms with van der Waals surface area (Å²) in [6.45, 7) is 4.10. The van der Waals surface area contributed by atoms with Gasteiger partial charge in [0.1, 0.15) is 0 Å². The van der Waals surface area contributed by atoms with E-state index in [1.165, 1.54) is 0 Å². The third kappa shape index (κ3) is 2.35. The number of aryl methyl sites for hydroxylation is 1. The van der Waals surface area contributed by atoms with Crippen molar-refractivity contribution in [1.82, 2.24) is 5.32 Å². The van der Waals surface area contributed by atoms with E-state index in [1.807, 2.05) is 19.1 Å². The molecule has 2 unspecified atom stereocenters. The van der Waals surface area contributed by atoms with Gasteiger partial charge < -0.3 is 11.1 Å². The molecule has 1 aliphatic carbocycles. The zero-order chi connectivity index (χ0) is 11.7. The largest absolute Gasteiger partial charge is 0.399 e. The highest BCUT2D eigenvalue weighted by Crippen LogP contribution is 2.33. The number of anilines is 1. The van der Waals surface area contributed by atoms with Crippen LogP contribution in [0.5, 0.6) is 0 Å². The molecule has 3 nitrogen and oxygen atoms in total. The first kappa shape index (κ1) is 11.0. The topological polar surface area (TPSA) is 55.1 Å². The second kappa shape index (κ2) is 4.16. The molecule has 0 heterocycles. The summed E-state index contributed by atoms with van der Waals surface area (Å²) >= 11 is 0. The average molecular weight is 218 g/mol. The molecule has 1 aliphatic rings. The molecule has 1 aromatic carbocycles. The predicted octanol–water partition coefficient (Wildman–Crippen LogP) is 2.11. The van der Waals surface area contributed by atoms with Crippen LogP contribution in [0.3, 0.4) is 0 Å². The lowest BCUT2D eigenvalue weighted by molar-refractivity contribution is 0.0949. The Kier molecular flexibility index (Phi) is 2.86. The number of rotatable bonds is 3. The highest BCUT2D eigenvalue weighted by molar-refractivity contribution is 5.95. The van der Waals surface area contributed by atoms with Gasteiger partial charge in [-0.25, -0.2) is 0 Å². The molecule has 1 aromatic rings. The third-order valence-electron chi connectivity index (χ3n) is 3.13. The van der Waals surface area contributed by atoms with Crippen molar-refractivity contribution in [1.29, 1.82) is 0 Å². The lowest BCUT2D eigenvalue weighted by Gasteiger charge is -2.06. The van der Waals surface area contributed by atoms with Crippen LogP contribution in [0.2, 0.25) is 0 Å². The van der Waals surface area contributed by atoms with E-state index in [4.69, 9.17) is 5.73 Å². The Morgan fingerprint density at radius 2 is 2.25 bits per heavy atom. The Morgan fingerprint density at radius 3 is 2.81 bits per heavy atom. The van der Waals surface area contributed by atoms with Crippen molar-refractivity contribution in [3.8, 4) is 0 Å². The molecule has 1 fully saturated rings. The van der Waals surface area contributed by atoms with Crippen LogP contribution < -0.4 is 11.1 Å². The molecule has 3 N–H and O–H groups in total. The van der Waals surface area contributed by atoms with Gasteiger partial charge in [0.05, 0.1) is 0 Å². The molecule has 3 heteroatoms. The van der Waals surface area contributed by atoms with Crippen molar-refractivity contribution in [2.24, 2.45) is 5.92 Å². The molecule has 0 saturated heterocycles. The first-order chi connectivity index (χ1) is 7.60. The van der Waals surface area contributed by atoms with Crippen molar-refractivity contribution in [2.75, 3.05) is 5.73 Å². The number of nitrogen functional groups attached to an aromatic ring is 1. The molecule has 1 amide bonds. The van der Waals surface area contributed by atoms with Gasteiger partial charge in [0.15, 0.2) is 0 Å². The Balaban J connectivity index is 2.04. The van der Waals surface area contributed by atoms with Gasteiger partial charge in [0.25, 0.3) is 5.91 Å². The predicted molar refractivity (Wildman–Crippen MR) is 65.2 cm³/mol. The summed E-state index contributed by atoms with van der Waals surface area (Å²) in [6, 6.07) is 5.84. The van der Waals surface area contributed by atoms with Gasteiger partial charge in [0.2, 0.25) is 0 Å². The molecular formula is C13H18N2O. The van der Waals surface area contributed by atoms with Crippen molar-refractivity contribution in [3.63, 3.8) is 0 Å². The minimum Gasteiger partial charge on any atom is -0.399 e. The van der Waals surface area contributed by atoms with Crippen LogP contribution in [0.15, 0.2) is 18.2 Å². The summed E-state index contributed by atoms with van der Waals surface area (Å²) in [5.74, 6) is 0.669. The van der Waals surface area contributed by atoms with Crippen LogP contribution in [0.25, 0.3) is 0 Å². The summed E-state index contributed by atoms with van der Waals surface area (Å²) in [6.07, 6.45) is 2.25. The van der Waals surface area contributed by atoms with Crippen LogP contribution in [-0.4, -0.2) is 11.9 Å². The zero-order valence-electron chi connectivity index (χ0n) is 9.79. The summed E-state index contributed by atoms with van der Waals surface area (Å²) in [5, 5.41) is 3.03. The maximum Gasteiger partial charge on any atom is 0.251 e. The normalized spacial score (nSPS) is 22.9. The number of benzene rings is 1. The van der Waals surface area contributed by atoms with Gasteiger partial charge in [-0.1, -0.05) is 13.3 Å². The van der Waals surface area contributed by atoms with Gasteiger partial charge >= 0.3 is 0 Å². The molecule has 1 saturated carbocycles. The molecule has 2 atom stereocenters. The van der Waals surface area contributed by atoms with E-state index in [-0.39, 0.29) is 5.91 Å². The van der Waals surface area contributed by atoms with Crippen LogP contribution in [0.1, 0.15) is 35.7 Å². The number of hydrogen-bond acceptors (Lipinski definition) is 2. The fraction of sp³-hybridized carbons (Fsp3) is 0.462. The smallest absolute Gasteiger partial charge is 0.251 e. The zero-order valence-corrected chi connectivity index (χ0v) is 9.79. The molecule has 0 spiro atoms. The Labute approximate surface area is 96.0 Å². The molecule has 0 aliphatic heterocycles. The van der Waals surface area contributed by atoms with Gasteiger partial charge in [-0.2, -0.15) is 0 Å². The highest BCUT2D eigenvalue weighted by atomic mass is 16.1. The van der Waals surface area contributed by atoms with E-state index in [2.05, 4.69) is 12.2 Å². The lowest BCUT2D eigenvalue weighted by Crippen LogP contribution is -2.26. The second-order valence-electron chi connectivity index (χ2n) is 4.62. The van der Waals surface area contributed by atoms with E-state index in [1.54, 1.807) is 6.07 Å². The minimum atomic E-state index is -0.00338. The number of nitrogens with one attached hydrogen (secondary N) is 1. The van der Waals surface area contributed by atoms with Crippen LogP contribution in [0.4, 0.5) is 5.69 Å². The second-order valence-corrected chi connectivity index (χ2v) is 4.62. The highest BCUT2D eigenvalue weighted by Gasteiger charge is 2.36. The maximum atomic E-state index is 11.9. The number of carbonyl (C=O) groups excluding carboxylic acids is 1. The molecule has 16 heavy (non-hydrogen) atoms. The third-order valence-corrected chi connectivity index (χ3v) is 3.13. The summed E-state index contributed by atoms with van der Waals surface area (Å²) < 4.78 is 0. The van der Waals surface area contributed by atoms with Gasteiger partial charge in [-0.05, 0) is 43.0 Å². The molecule has 0 radical (unpaired) electrons. The maximum absolute atomic E-state index is 11.9. The first-order valence-electron chi connectivity index (χ1n) is 5.78. The SMILES string of the molecule is CCC1CC1NC(=O)c1cc(C)cc(N)c1. The van der Waals surface area contributed by atoms with Crippen LogP contribution >= 0.6 is 0 Å². The fourth-order valence-corrected chi connectivity index (χ4v) is 2.07. The monoisotopic (exact) mass is 218 g/mol. The van der Waals surface area contributed by atoms with E-state index in [0.29, 0.717) is 23.2 Å². The Bertz CT molecular complexity index is 394. The number of hydrogen-bond donors (Lipinski definition) is 2. The molecule has 86 valence electrons. The van der Waals surface area contributed by atoms with Gasteiger partial charge in [0, 0.05) is 17.3 Å². The summed E-state index contributed by atoms with van der Waals surface area (Å²) in [5.41, 5.74) is 8.05. The lowest BCUT2D eigenvalue weighted by atomic mass is 10.1. The number of carbonyl (C=O) groups is 1. The Hall–Kier alpha value is -1.51. The van der Waals surface area contributed by atoms with Crippen molar-refractivity contribution in [2.45, 2.75) is 32.7 Å². The van der Waals surface area contributed by atoms with Crippen molar-refractivity contribution in [3.05, 3.63) is 29.3 Å². The standard InChI is InChI=1S/C13H18N2O/c1-3-9-7-12(9)15-13(16)10-4-8(2)5-11(14)6-10/h4-6,9,12H,3,7,14H2,1-2H3,(H,15,16). The quantitative estimate of drug-likeness (QED) is 0.763. The summed E-state index contributed by atoms with van der Waals surface area (Å²) in [7, 11) is 0. The molecular weight excluding hydrogens is 200 g/mol. The first-order valence-corrected chi connectivity index (χ1v) is 5.78. The number of nitrogens with two attached hydrogens (primary N) is 1. The van der Waals surface area contributed by atoms with E-state index in [9.17, 15) is 4.79 Å². The van der Waals surface area contributed by atoms with Gasteiger partial charge in [-0.3, -0.25) is 4.79 Å². The van der Waals surface area contributed by atoms with Crippen LogP contribution in [0, 0.1) is 12.8 Å².